The molecule has 0 atom stereocenters. The first-order valence-electron chi connectivity index (χ1n) is 7.28. The van der Waals surface area contributed by atoms with Gasteiger partial charge in [-0.1, -0.05) is 18.2 Å². The number of nitrogens with zero attached hydrogens (tertiary/aromatic N) is 1. The topological polar surface area (TPSA) is 54.5 Å². The zero-order valence-corrected chi connectivity index (χ0v) is 13.7. The van der Waals surface area contributed by atoms with Crippen LogP contribution in [-0.4, -0.2) is 32.3 Å². The molecule has 0 spiro atoms. The van der Waals surface area contributed by atoms with Gasteiger partial charge in [-0.25, -0.2) is 8.42 Å². The molecule has 2 aromatic rings. The summed E-state index contributed by atoms with van der Waals surface area (Å²) < 4.78 is 25.3. The summed E-state index contributed by atoms with van der Waals surface area (Å²) in [4.78, 5) is 15.0. The van der Waals surface area contributed by atoms with Crippen molar-refractivity contribution in [3.63, 3.8) is 0 Å². The largest absolute Gasteiger partial charge is 0.338 e. The molecule has 1 aromatic carbocycles. The van der Waals surface area contributed by atoms with Gasteiger partial charge in [0.2, 0.25) is 9.84 Å². The number of carbonyl (C=O) groups is 1. The van der Waals surface area contributed by atoms with Crippen LogP contribution in [0.1, 0.15) is 28.9 Å². The molecule has 0 saturated carbocycles. The lowest BCUT2D eigenvalue weighted by Crippen LogP contribution is -2.35. The predicted molar refractivity (Wildman–Crippen MR) is 86.0 cm³/mol. The van der Waals surface area contributed by atoms with Gasteiger partial charge in [0.1, 0.15) is 4.21 Å². The number of hydrogen-bond donors (Lipinski definition) is 0. The molecule has 1 fully saturated rings. The molecule has 4 nitrogen and oxygen atoms in total. The van der Waals surface area contributed by atoms with Crippen LogP contribution < -0.4 is 0 Å². The fourth-order valence-corrected chi connectivity index (χ4v) is 5.25. The van der Waals surface area contributed by atoms with Gasteiger partial charge in [0, 0.05) is 13.1 Å². The average molecular weight is 335 g/mol. The van der Waals surface area contributed by atoms with Gasteiger partial charge in [-0.3, -0.25) is 4.79 Å². The molecule has 1 amide bonds. The Bertz CT molecular complexity index is 760. The number of thiophene rings is 1. The number of piperidine rings is 1. The molecular formula is C16H17NO3S2. The molecule has 0 unspecified atom stereocenters. The molecule has 3 rings (SSSR count). The molecule has 0 aliphatic carbocycles. The van der Waals surface area contributed by atoms with Gasteiger partial charge < -0.3 is 4.90 Å². The van der Waals surface area contributed by atoms with Crippen molar-refractivity contribution in [2.75, 3.05) is 13.1 Å². The quantitative estimate of drug-likeness (QED) is 0.865. The maximum Gasteiger partial charge on any atom is 0.263 e. The highest BCUT2D eigenvalue weighted by Gasteiger charge is 2.24. The monoisotopic (exact) mass is 335 g/mol. The van der Waals surface area contributed by atoms with E-state index in [9.17, 15) is 13.2 Å². The Labute approximate surface area is 134 Å². The maximum atomic E-state index is 12.5. The van der Waals surface area contributed by atoms with Crippen molar-refractivity contribution in [3.8, 4) is 0 Å². The summed E-state index contributed by atoms with van der Waals surface area (Å²) in [5.74, 6) is -0.0563. The highest BCUT2D eigenvalue weighted by molar-refractivity contribution is 7.93. The molecule has 0 radical (unpaired) electrons. The van der Waals surface area contributed by atoms with Gasteiger partial charge in [-0.15, -0.1) is 11.3 Å². The average Bonchev–Trinajstić information content (AvgIpc) is 3.06. The predicted octanol–water partition coefficient (Wildman–Crippen LogP) is 3.21. The molecule has 1 aromatic heterocycles. The third kappa shape index (κ3) is 2.94. The smallest absolute Gasteiger partial charge is 0.263 e. The van der Waals surface area contributed by atoms with Gasteiger partial charge in [0.05, 0.1) is 9.77 Å². The molecule has 1 aliphatic rings. The third-order valence-corrected chi connectivity index (χ3v) is 7.09. The summed E-state index contributed by atoms with van der Waals surface area (Å²) in [5, 5.41) is 0. The van der Waals surface area contributed by atoms with E-state index in [1.54, 1.807) is 36.4 Å². The van der Waals surface area contributed by atoms with Crippen LogP contribution in [0, 0.1) is 0 Å². The molecule has 116 valence electrons. The minimum absolute atomic E-state index is 0.0563. The van der Waals surface area contributed by atoms with E-state index in [2.05, 4.69) is 0 Å². The molecule has 0 bridgehead atoms. The summed E-state index contributed by atoms with van der Waals surface area (Å²) in [6.45, 7) is 1.52. The van der Waals surface area contributed by atoms with E-state index in [1.165, 1.54) is 6.07 Å². The summed E-state index contributed by atoms with van der Waals surface area (Å²) >= 11 is 1.06. The SMILES string of the molecule is O=C(c1ccc(S(=O)(=O)c2ccccc2)s1)N1CCCCC1. The first kappa shape index (κ1) is 15.2. The van der Waals surface area contributed by atoms with Crippen molar-refractivity contribution >= 4 is 27.1 Å². The Morgan fingerprint density at radius 1 is 0.955 bits per heavy atom. The van der Waals surface area contributed by atoms with Crippen LogP contribution in [0.25, 0.3) is 0 Å². The summed E-state index contributed by atoms with van der Waals surface area (Å²) in [5.41, 5.74) is 0. The molecule has 6 heteroatoms. The van der Waals surface area contributed by atoms with Crippen LogP contribution in [-0.2, 0) is 9.84 Å². The number of rotatable bonds is 3. The van der Waals surface area contributed by atoms with Crippen molar-refractivity contribution in [1.82, 2.24) is 4.90 Å². The molecule has 2 heterocycles. The van der Waals surface area contributed by atoms with Crippen LogP contribution in [0.15, 0.2) is 51.6 Å². The Morgan fingerprint density at radius 3 is 2.32 bits per heavy atom. The Hall–Kier alpha value is -1.66. The molecular weight excluding hydrogens is 318 g/mol. The number of sulfone groups is 1. The number of likely N-dealkylation sites (tertiary alicyclic amines) is 1. The Morgan fingerprint density at radius 2 is 1.64 bits per heavy atom. The zero-order chi connectivity index (χ0) is 15.6. The normalized spacial score (nSPS) is 15.7. The number of hydrogen-bond acceptors (Lipinski definition) is 4. The molecule has 1 aliphatic heterocycles. The fraction of sp³-hybridized carbons (Fsp3) is 0.312. The summed E-state index contributed by atoms with van der Waals surface area (Å²) in [7, 11) is -3.53. The van der Waals surface area contributed by atoms with Crippen molar-refractivity contribution in [2.45, 2.75) is 28.4 Å². The first-order chi connectivity index (χ1) is 10.6. The Kier molecular flexibility index (Phi) is 4.31. The second-order valence-corrected chi connectivity index (χ2v) is 8.55. The van der Waals surface area contributed by atoms with E-state index in [-0.39, 0.29) is 15.0 Å². The number of amides is 1. The van der Waals surface area contributed by atoms with E-state index in [0.717, 1.165) is 43.7 Å². The standard InChI is InChI=1S/C16H17NO3S2/c18-16(17-11-5-2-6-12-17)14-9-10-15(21-14)22(19,20)13-7-3-1-4-8-13/h1,3-4,7-10H,2,5-6,11-12H2. The van der Waals surface area contributed by atoms with Crippen molar-refractivity contribution in [2.24, 2.45) is 0 Å². The first-order valence-corrected chi connectivity index (χ1v) is 9.58. The lowest BCUT2D eigenvalue weighted by Gasteiger charge is -2.26. The molecule has 1 saturated heterocycles. The lowest BCUT2D eigenvalue weighted by molar-refractivity contribution is 0.0729. The van der Waals surface area contributed by atoms with Gasteiger partial charge in [0.25, 0.3) is 5.91 Å². The van der Waals surface area contributed by atoms with Crippen molar-refractivity contribution in [1.29, 1.82) is 0 Å². The highest BCUT2D eigenvalue weighted by Crippen LogP contribution is 2.28. The van der Waals surface area contributed by atoms with E-state index in [4.69, 9.17) is 0 Å². The van der Waals surface area contributed by atoms with Crippen LogP contribution in [0.3, 0.4) is 0 Å². The summed E-state index contributed by atoms with van der Waals surface area (Å²) in [6.07, 6.45) is 3.19. The van der Waals surface area contributed by atoms with E-state index in [0.29, 0.717) is 4.88 Å². The van der Waals surface area contributed by atoms with Gasteiger partial charge in [-0.2, -0.15) is 0 Å². The van der Waals surface area contributed by atoms with E-state index < -0.39 is 9.84 Å². The fourth-order valence-electron chi connectivity index (χ4n) is 2.55. The van der Waals surface area contributed by atoms with Crippen LogP contribution in [0.4, 0.5) is 0 Å². The lowest BCUT2D eigenvalue weighted by atomic mass is 10.1. The third-order valence-electron chi connectivity index (χ3n) is 3.75. The molecule has 0 N–H and O–H groups in total. The summed E-state index contributed by atoms with van der Waals surface area (Å²) in [6, 6.07) is 11.5. The maximum absolute atomic E-state index is 12.5. The zero-order valence-electron chi connectivity index (χ0n) is 12.1. The highest BCUT2D eigenvalue weighted by atomic mass is 32.2. The van der Waals surface area contributed by atoms with E-state index in [1.807, 2.05) is 4.90 Å². The number of benzene rings is 1. The Balaban J connectivity index is 1.86. The van der Waals surface area contributed by atoms with Gasteiger partial charge in [0.15, 0.2) is 0 Å². The van der Waals surface area contributed by atoms with Crippen LogP contribution in [0.5, 0.6) is 0 Å². The van der Waals surface area contributed by atoms with Crippen molar-refractivity contribution in [3.05, 3.63) is 47.3 Å². The minimum Gasteiger partial charge on any atom is -0.338 e. The van der Waals surface area contributed by atoms with Gasteiger partial charge >= 0.3 is 0 Å². The van der Waals surface area contributed by atoms with Crippen LogP contribution >= 0.6 is 11.3 Å². The second-order valence-electron chi connectivity index (χ2n) is 5.29. The van der Waals surface area contributed by atoms with Crippen molar-refractivity contribution < 1.29 is 13.2 Å². The number of carbonyl (C=O) groups excluding carboxylic acids is 1. The van der Waals surface area contributed by atoms with Gasteiger partial charge in [-0.05, 0) is 43.5 Å². The minimum atomic E-state index is -3.53. The molecule has 22 heavy (non-hydrogen) atoms. The van der Waals surface area contributed by atoms with E-state index >= 15 is 0 Å². The second kappa shape index (κ2) is 6.22. The van der Waals surface area contributed by atoms with Crippen LogP contribution in [0.2, 0.25) is 0 Å².